The monoisotopic (exact) mass is 317 g/mol. The summed E-state index contributed by atoms with van der Waals surface area (Å²) in [5.74, 6) is 0.725. The zero-order valence-electron chi connectivity index (χ0n) is 13.2. The summed E-state index contributed by atoms with van der Waals surface area (Å²) in [6.07, 6.45) is 4.93. The molecule has 0 spiro atoms. The first kappa shape index (κ1) is 15.3. The molecule has 8 nitrogen and oxygen atoms in total. The van der Waals surface area contributed by atoms with Crippen LogP contribution in [0.15, 0.2) is 24.5 Å². The second-order valence-corrected chi connectivity index (χ2v) is 5.42. The summed E-state index contributed by atoms with van der Waals surface area (Å²) >= 11 is 0. The van der Waals surface area contributed by atoms with Crippen LogP contribution < -0.4 is 9.47 Å². The molecule has 1 atom stereocenters. The standard InChI is InChI=1S/C15H19N5O3/c1-19-10-12(14(18-19)22-2)15(21)20-8-4-5-11(9-20)23-13-6-3-7-16-17-13/h3,6-7,10-11H,4-5,8-9H2,1-2H3/t11-/m1/s1. The quantitative estimate of drug-likeness (QED) is 0.833. The molecule has 0 unspecified atom stereocenters. The summed E-state index contributed by atoms with van der Waals surface area (Å²) in [4.78, 5) is 14.5. The average Bonchev–Trinajstić information content (AvgIpc) is 2.96. The Bertz CT molecular complexity index is 673. The molecule has 1 aliphatic rings. The first-order chi connectivity index (χ1) is 11.2. The van der Waals surface area contributed by atoms with Crippen LogP contribution in [-0.2, 0) is 7.05 Å². The van der Waals surface area contributed by atoms with Gasteiger partial charge in [0.15, 0.2) is 0 Å². The molecule has 3 rings (SSSR count). The predicted molar refractivity (Wildman–Crippen MR) is 81.3 cm³/mol. The van der Waals surface area contributed by atoms with Gasteiger partial charge in [0, 0.05) is 32.1 Å². The topological polar surface area (TPSA) is 82.4 Å². The lowest BCUT2D eigenvalue weighted by Gasteiger charge is -2.32. The predicted octanol–water partition coefficient (Wildman–Crippen LogP) is 0.902. The molecule has 2 aromatic heterocycles. The smallest absolute Gasteiger partial charge is 0.261 e. The maximum Gasteiger partial charge on any atom is 0.261 e. The molecule has 1 saturated heterocycles. The molecule has 1 amide bonds. The second-order valence-electron chi connectivity index (χ2n) is 5.42. The lowest BCUT2D eigenvalue weighted by molar-refractivity contribution is 0.0522. The van der Waals surface area contributed by atoms with E-state index < -0.39 is 0 Å². The molecule has 122 valence electrons. The maximum absolute atomic E-state index is 12.7. The van der Waals surface area contributed by atoms with Gasteiger partial charge in [-0.15, -0.1) is 10.2 Å². The summed E-state index contributed by atoms with van der Waals surface area (Å²) in [5, 5.41) is 11.8. The van der Waals surface area contributed by atoms with Crippen molar-refractivity contribution in [2.45, 2.75) is 18.9 Å². The van der Waals surface area contributed by atoms with Gasteiger partial charge in [-0.05, 0) is 18.9 Å². The van der Waals surface area contributed by atoms with Crippen LogP contribution >= 0.6 is 0 Å². The summed E-state index contributed by atoms with van der Waals surface area (Å²) in [5.41, 5.74) is 0.468. The highest BCUT2D eigenvalue weighted by Gasteiger charge is 2.28. The van der Waals surface area contributed by atoms with Crippen molar-refractivity contribution >= 4 is 5.91 Å². The molecule has 3 heterocycles. The van der Waals surface area contributed by atoms with Crippen LogP contribution in [0.3, 0.4) is 0 Å². The fourth-order valence-electron chi connectivity index (χ4n) is 2.68. The Morgan fingerprint density at radius 3 is 3.04 bits per heavy atom. The number of aryl methyl sites for hydroxylation is 1. The van der Waals surface area contributed by atoms with Crippen LogP contribution in [0.5, 0.6) is 11.8 Å². The van der Waals surface area contributed by atoms with Gasteiger partial charge in [0.25, 0.3) is 5.91 Å². The van der Waals surface area contributed by atoms with E-state index in [1.165, 1.54) is 7.11 Å². The van der Waals surface area contributed by atoms with E-state index in [9.17, 15) is 4.79 Å². The molecule has 1 fully saturated rings. The van der Waals surface area contributed by atoms with Crippen molar-refractivity contribution in [3.63, 3.8) is 0 Å². The minimum atomic E-state index is -0.0950. The first-order valence-corrected chi connectivity index (χ1v) is 7.48. The maximum atomic E-state index is 12.7. The van der Waals surface area contributed by atoms with Gasteiger partial charge in [-0.2, -0.15) is 5.10 Å². The molecule has 0 N–H and O–H groups in total. The minimum absolute atomic E-state index is 0.0907. The summed E-state index contributed by atoms with van der Waals surface area (Å²) in [6.45, 7) is 1.20. The Kier molecular flexibility index (Phi) is 4.40. The third kappa shape index (κ3) is 3.41. The van der Waals surface area contributed by atoms with Gasteiger partial charge >= 0.3 is 0 Å². The van der Waals surface area contributed by atoms with Crippen molar-refractivity contribution in [2.75, 3.05) is 20.2 Å². The number of ether oxygens (including phenoxy) is 2. The third-order valence-corrected chi connectivity index (χ3v) is 3.72. The number of amides is 1. The van der Waals surface area contributed by atoms with Crippen molar-refractivity contribution < 1.29 is 14.3 Å². The van der Waals surface area contributed by atoms with Gasteiger partial charge < -0.3 is 14.4 Å². The van der Waals surface area contributed by atoms with Crippen molar-refractivity contribution in [3.05, 3.63) is 30.1 Å². The molecule has 8 heteroatoms. The Labute approximate surface area is 134 Å². The highest BCUT2D eigenvalue weighted by molar-refractivity contribution is 5.96. The Balaban J connectivity index is 1.69. The number of aromatic nitrogens is 4. The Hall–Kier alpha value is -2.64. The number of carbonyl (C=O) groups excluding carboxylic acids is 1. The van der Waals surface area contributed by atoms with Gasteiger partial charge in [-0.25, -0.2) is 0 Å². The van der Waals surface area contributed by atoms with Crippen molar-refractivity contribution in [2.24, 2.45) is 7.05 Å². The van der Waals surface area contributed by atoms with Crippen molar-refractivity contribution in [1.82, 2.24) is 24.9 Å². The first-order valence-electron chi connectivity index (χ1n) is 7.48. The molecule has 0 radical (unpaired) electrons. The summed E-state index contributed by atoms with van der Waals surface area (Å²) in [6, 6.07) is 3.53. The number of carbonyl (C=O) groups is 1. The number of hydrogen-bond acceptors (Lipinski definition) is 6. The van der Waals surface area contributed by atoms with Crippen LogP contribution in [0.1, 0.15) is 23.2 Å². The molecule has 23 heavy (non-hydrogen) atoms. The second kappa shape index (κ2) is 6.64. The number of nitrogens with zero attached hydrogens (tertiary/aromatic N) is 5. The van der Waals surface area contributed by atoms with E-state index in [0.29, 0.717) is 30.4 Å². The lowest BCUT2D eigenvalue weighted by Crippen LogP contribution is -2.44. The normalized spacial score (nSPS) is 17.8. The molecule has 0 aliphatic carbocycles. The van der Waals surface area contributed by atoms with Gasteiger partial charge in [-0.1, -0.05) is 0 Å². The SMILES string of the molecule is COc1nn(C)cc1C(=O)N1CCC[C@@H](Oc2cccnn2)C1. The van der Waals surface area contributed by atoms with Gasteiger partial charge in [0.2, 0.25) is 11.8 Å². The molecule has 1 aliphatic heterocycles. The van der Waals surface area contributed by atoms with E-state index in [1.54, 1.807) is 41.2 Å². The molecular formula is C15H19N5O3. The van der Waals surface area contributed by atoms with Crippen LogP contribution in [0.25, 0.3) is 0 Å². The van der Waals surface area contributed by atoms with Gasteiger partial charge in [0.1, 0.15) is 11.7 Å². The van der Waals surface area contributed by atoms with E-state index in [-0.39, 0.29) is 12.0 Å². The Morgan fingerprint density at radius 1 is 1.43 bits per heavy atom. The van der Waals surface area contributed by atoms with Crippen molar-refractivity contribution in [1.29, 1.82) is 0 Å². The highest BCUT2D eigenvalue weighted by Crippen LogP contribution is 2.21. The highest BCUT2D eigenvalue weighted by atomic mass is 16.5. The van der Waals surface area contributed by atoms with Crippen LogP contribution in [-0.4, -0.2) is 57.1 Å². The number of hydrogen-bond donors (Lipinski definition) is 0. The molecule has 0 saturated carbocycles. The average molecular weight is 317 g/mol. The van der Waals surface area contributed by atoms with Crippen LogP contribution in [0, 0.1) is 0 Å². The van der Waals surface area contributed by atoms with Crippen LogP contribution in [0.2, 0.25) is 0 Å². The number of rotatable bonds is 4. The third-order valence-electron chi connectivity index (χ3n) is 3.72. The van der Waals surface area contributed by atoms with E-state index in [4.69, 9.17) is 9.47 Å². The molecule has 0 bridgehead atoms. The number of piperidine rings is 1. The van der Waals surface area contributed by atoms with Crippen molar-refractivity contribution in [3.8, 4) is 11.8 Å². The molecule has 0 aromatic carbocycles. The summed E-state index contributed by atoms with van der Waals surface area (Å²) in [7, 11) is 3.27. The van der Waals surface area contributed by atoms with E-state index in [0.717, 1.165) is 12.8 Å². The minimum Gasteiger partial charge on any atom is -0.479 e. The van der Waals surface area contributed by atoms with E-state index in [2.05, 4.69) is 15.3 Å². The van der Waals surface area contributed by atoms with Gasteiger partial charge in [-0.3, -0.25) is 9.48 Å². The molecular weight excluding hydrogens is 298 g/mol. The number of likely N-dealkylation sites (tertiary alicyclic amines) is 1. The number of methoxy groups -OCH3 is 1. The lowest BCUT2D eigenvalue weighted by atomic mass is 10.1. The fraction of sp³-hybridized carbons (Fsp3) is 0.467. The summed E-state index contributed by atoms with van der Waals surface area (Å²) < 4.78 is 12.6. The van der Waals surface area contributed by atoms with Crippen LogP contribution in [0.4, 0.5) is 0 Å². The largest absolute Gasteiger partial charge is 0.479 e. The molecule has 2 aromatic rings. The van der Waals surface area contributed by atoms with E-state index in [1.807, 2.05) is 0 Å². The van der Waals surface area contributed by atoms with E-state index >= 15 is 0 Å². The fourth-order valence-corrected chi connectivity index (χ4v) is 2.68. The zero-order valence-corrected chi connectivity index (χ0v) is 13.2. The van der Waals surface area contributed by atoms with Gasteiger partial charge in [0.05, 0.1) is 13.7 Å². The zero-order chi connectivity index (χ0) is 16.2. The Morgan fingerprint density at radius 2 is 2.30 bits per heavy atom.